The predicted octanol–water partition coefficient (Wildman–Crippen LogP) is 0.367. The third kappa shape index (κ3) is 4.70. The lowest BCUT2D eigenvalue weighted by Gasteiger charge is -2.36. The Kier molecular flexibility index (Phi) is 6.52. The van der Waals surface area contributed by atoms with E-state index in [0.29, 0.717) is 62.9 Å². The van der Waals surface area contributed by atoms with Gasteiger partial charge in [0.05, 0.1) is 27.4 Å². The second-order valence-electron chi connectivity index (χ2n) is 6.67. The van der Waals surface area contributed by atoms with Crippen LogP contribution in [0.5, 0.6) is 11.5 Å². The van der Waals surface area contributed by atoms with E-state index in [4.69, 9.17) is 14.2 Å². The molecule has 3 rings (SSSR count). The Morgan fingerprint density at radius 3 is 2.44 bits per heavy atom. The number of piperazine rings is 1. The van der Waals surface area contributed by atoms with Crippen LogP contribution in [0, 0.1) is 0 Å². The smallest absolute Gasteiger partial charge is 0.254 e. The van der Waals surface area contributed by atoms with Crippen LogP contribution < -0.4 is 14.8 Å². The van der Waals surface area contributed by atoms with E-state index in [0.717, 1.165) is 6.54 Å². The summed E-state index contributed by atoms with van der Waals surface area (Å²) in [5.74, 6) is 1.16. The average molecular weight is 377 g/mol. The third-order valence-electron chi connectivity index (χ3n) is 4.97. The molecule has 0 aliphatic carbocycles. The highest BCUT2D eigenvalue weighted by atomic mass is 16.5. The Labute approximate surface area is 159 Å². The van der Waals surface area contributed by atoms with Gasteiger partial charge in [0.2, 0.25) is 5.91 Å². The van der Waals surface area contributed by atoms with Gasteiger partial charge in [-0.3, -0.25) is 9.59 Å². The van der Waals surface area contributed by atoms with Gasteiger partial charge in [0.25, 0.3) is 5.91 Å². The van der Waals surface area contributed by atoms with E-state index in [1.807, 2.05) is 4.90 Å². The van der Waals surface area contributed by atoms with Crippen LogP contribution in [0.2, 0.25) is 0 Å². The number of amides is 2. The number of hydrogen-bond donors (Lipinski definition) is 1. The standard InChI is InChI=1S/C19H27N3O5/c1-25-16-4-3-14(11-17(16)26-2)19(24)22-8-6-21(7-9-22)18(23)12-15-13-27-10-5-20-15/h3-4,11,15,20H,5-10,12-13H2,1-2H3. The first-order chi connectivity index (χ1) is 13.1. The zero-order valence-electron chi connectivity index (χ0n) is 15.9. The van der Waals surface area contributed by atoms with Gasteiger partial charge in [0.1, 0.15) is 0 Å². The number of rotatable bonds is 5. The molecule has 1 aromatic rings. The second-order valence-corrected chi connectivity index (χ2v) is 6.67. The van der Waals surface area contributed by atoms with Crippen molar-refractivity contribution in [3.8, 4) is 11.5 Å². The summed E-state index contributed by atoms with van der Waals surface area (Å²) in [6.07, 6.45) is 0.434. The molecular formula is C19H27N3O5. The minimum atomic E-state index is -0.0644. The SMILES string of the molecule is COc1ccc(C(=O)N2CCN(C(=O)CC3COCCN3)CC2)cc1OC. The summed E-state index contributed by atoms with van der Waals surface area (Å²) in [5, 5.41) is 3.30. The van der Waals surface area contributed by atoms with Crippen LogP contribution in [0.15, 0.2) is 18.2 Å². The van der Waals surface area contributed by atoms with Gasteiger partial charge in [0.15, 0.2) is 11.5 Å². The van der Waals surface area contributed by atoms with E-state index in [1.54, 1.807) is 37.3 Å². The van der Waals surface area contributed by atoms with Gasteiger partial charge < -0.3 is 29.3 Å². The van der Waals surface area contributed by atoms with E-state index in [9.17, 15) is 9.59 Å². The Bertz CT molecular complexity index is 667. The zero-order valence-corrected chi connectivity index (χ0v) is 15.9. The average Bonchev–Trinajstić information content (AvgIpc) is 2.73. The van der Waals surface area contributed by atoms with Crippen LogP contribution >= 0.6 is 0 Å². The van der Waals surface area contributed by atoms with Gasteiger partial charge in [-0.1, -0.05) is 0 Å². The molecule has 2 aliphatic heterocycles. The molecule has 27 heavy (non-hydrogen) atoms. The van der Waals surface area contributed by atoms with Gasteiger partial charge in [-0.2, -0.15) is 0 Å². The topological polar surface area (TPSA) is 80.3 Å². The van der Waals surface area contributed by atoms with Crippen molar-refractivity contribution in [2.24, 2.45) is 0 Å². The largest absolute Gasteiger partial charge is 0.493 e. The first kappa shape index (κ1) is 19.4. The van der Waals surface area contributed by atoms with E-state index in [-0.39, 0.29) is 17.9 Å². The normalized spacial score (nSPS) is 20.3. The number of morpholine rings is 1. The number of hydrogen-bond acceptors (Lipinski definition) is 6. The van der Waals surface area contributed by atoms with Crippen LogP contribution in [0.25, 0.3) is 0 Å². The summed E-state index contributed by atoms with van der Waals surface area (Å²) in [6.45, 7) is 4.19. The Morgan fingerprint density at radius 1 is 1.11 bits per heavy atom. The maximum absolute atomic E-state index is 12.8. The molecule has 8 nitrogen and oxygen atoms in total. The molecule has 0 saturated carbocycles. The van der Waals surface area contributed by atoms with Crippen LogP contribution in [0.1, 0.15) is 16.8 Å². The van der Waals surface area contributed by atoms with Crippen LogP contribution in [0.4, 0.5) is 0 Å². The number of nitrogens with zero attached hydrogens (tertiary/aromatic N) is 2. The highest BCUT2D eigenvalue weighted by molar-refractivity contribution is 5.95. The van der Waals surface area contributed by atoms with E-state index in [2.05, 4.69) is 5.32 Å². The molecule has 2 heterocycles. The van der Waals surface area contributed by atoms with E-state index < -0.39 is 0 Å². The molecule has 1 atom stereocenters. The summed E-state index contributed by atoms with van der Waals surface area (Å²) < 4.78 is 15.9. The Morgan fingerprint density at radius 2 is 1.81 bits per heavy atom. The molecule has 1 aromatic carbocycles. The first-order valence-corrected chi connectivity index (χ1v) is 9.22. The minimum absolute atomic E-state index is 0.0644. The van der Waals surface area contributed by atoms with Gasteiger partial charge >= 0.3 is 0 Å². The van der Waals surface area contributed by atoms with Crippen molar-refractivity contribution in [3.05, 3.63) is 23.8 Å². The molecule has 0 bridgehead atoms. The monoisotopic (exact) mass is 377 g/mol. The van der Waals surface area contributed by atoms with E-state index >= 15 is 0 Å². The van der Waals surface area contributed by atoms with Crippen molar-refractivity contribution < 1.29 is 23.8 Å². The van der Waals surface area contributed by atoms with Gasteiger partial charge in [-0.15, -0.1) is 0 Å². The molecule has 1 N–H and O–H groups in total. The molecular weight excluding hydrogens is 350 g/mol. The fourth-order valence-corrected chi connectivity index (χ4v) is 3.40. The number of ether oxygens (including phenoxy) is 3. The van der Waals surface area contributed by atoms with Crippen molar-refractivity contribution in [2.75, 3.05) is 60.2 Å². The minimum Gasteiger partial charge on any atom is -0.493 e. The molecule has 148 valence electrons. The summed E-state index contributed by atoms with van der Waals surface area (Å²) in [5.41, 5.74) is 0.552. The number of nitrogens with one attached hydrogen (secondary N) is 1. The summed E-state index contributed by atoms with van der Waals surface area (Å²) in [7, 11) is 3.10. The Balaban J connectivity index is 1.53. The van der Waals surface area contributed by atoms with Crippen molar-refractivity contribution in [1.82, 2.24) is 15.1 Å². The number of benzene rings is 1. The summed E-state index contributed by atoms with van der Waals surface area (Å²) in [4.78, 5) is 28.8. The highest BCUT2D eigenvalue weighted by Crippen LogP contribution is 2.28. The van der Waals surface area contributed by atoms with E-state index in [1.165, 1.54) is 0 Å². The van der Waals surface area contributed by atoms with Crippen molar-refractivity contribution in [3.63, 3.8) is 0 Å². The fraction of sp³-hybridized carbons (Fsp3) is 0.579. The summed E-state index contributed by atoms with van der Waals surface area (Å²) in [6, 6.07) is 5.23. The number of carbonyl (C=O) groups excluding carboxylic acids is 2. The Hall–Kier alpha value is -2.32. The highest BCUT2D eigenvalue weighted by Gasteiger charge is 2.27. The van der Waals surface area contributed by atoms with Crippen molar-refractivity contribution in [1.29, 1.82) is 0 Å². The molecule has 0 radical (unpaired) electrons. The summed E-state index contributed by atoms with van der Waals surface area (Å²) >= 11 is 0. The molecule has 2 amide bonds. The van der Waals surface area contributed by atoms with Crippen LogP contribution in [-0.2, 0) is 9.53 Å². The first-order valence-electron chi connectivity index (χ1n) is 9.22. The maximum atomic E-state index is 12.8. The van der Waals surface area contributed by atoms with Gasteiger partial charge in [-0.05, 0) is 18.2 Å². The zero-order chi connectivity index (χ0) is 19.2. The second kappa shape index (κ2) is 9.05. The molecule has 2 saturated heterocycles. The molecule has 1 unspecified atom stereocenters. The number of methoxy groups -OCH3 is 2. The predicted molar refractivity (Wildman–Crippen MR) is 99.3 cm³/mol. The van der Waals surface area contributed by atoms with Crippen LogP contribution in [-0.4, -0.2) is 87.8 Å². The van der Waals surface area contributed by atoms with Crippen LogP contribution in [0.3, 0.4) is 0 Å². The third-order valence-corrected chi connectivity index (χ3v) is 4.97. The van der Waals surface area contributed by atoms with Gasteiger partial charge in [0, 0.05) is 50.7 Å². The van der Waals surface area contributed by atoms with Crippen molar-refractivity contribution in [2.45, 2.75) is 12.5 Å². The molecule has 0 aromatic heterocycles. The fourth-order valence-electron chi connectivity index (χ4n) is 3.40. The lowest BCUT2D eigenvalue weighted by atomic mass is 10.1. The van der Waals surface area contributed by atoms with Gasteiger partial charge in [-0.25, -0.2) is 0 Å². The molecule has 2 fully saturated rings. The lowest BCUT2D eigenvalue weighted by Crippen LogP contribution is -2.52. The van der Waals surface area contributed by atoms with Crippen molar-refractivity contribution >= 4 is 11.8 Å². The maximum Gasteiger partial charge on any atom is 0.254 e. The molecule has 0 spiro atoms. The molecule has 8 heteroatoms. The number of carbonyl (C=O) groups is 2. The quantitative estimate of drug-likeness (QED) is 0.799. The lowest BCUT2D eigenvalue weighted by molar-refractivity contribution is -0.133. The molecule has 2 aliphatic rings.